The van der Waals surface area contributed by atoms with E-state index in [4.69, 9.17) is 11.6 Å². The zero-order valence-electron chi connectivity index (χ0n) is 14.7. The molecule has 3 aromatic heterocycles. The van der Waals surface area contributed by atoms with Crippen LogP contribution < -0.4 is 0 Å². The predicted octanol–water partition coefficient (Wildman–Crippen LogP) is 2.98. The first-order valence-electron chi connectivity index (χ1n) is 8.29. The predicted molar refractivity (Wildman–Crippen MR) is 103 cm³/mol. The summed E-state index contributed by atoms with van der Waals surface area (Å²) in [6.45, 7) is 0. The molecule has 0 amide bonds. The van der Waals surface area contributed by atoms with Crippen LogP contribution in [0.25, 0.3) is 17.1 Å². The summed E-state index contributed by atoms with van der Waals surface area (Å²) in [6.07, 6.45) is 3.98. The summed E-state index contributed by atoms with van der Waals surface area (Å²) in [6, 6.07) is 7.96. The minimum absolute atomic E-state index is 0.161. The Morgan fingerprint density at radius 2 is 1.93 bits per heavy atom. The fourth-order valence-electron chi connectivity index (χ4n) is 2.51. The number of aryl methyl sites for hydroxylation is 1. The number of tetrazole rings is 1. The standard InChI is InChI=1S/C17H14ClFN8S/c1-26-16(11-4-7-20-8-5-11)22-23-17(26)28-9-6-15-21-25-27(24-15)14-10-12(18)2-3-13(14)19/h2-5,7-8,10H,6,9H2,1H3. The monoisotopic (exact) mass is 416 g/mol. The highest BCUT2D eigenvalue weighted by Crippen LogP contribution is 2.22. The van der Waals surface area contributed by atoms with Gasteiger partial charge < -0.3 is 4.57 Å². The van der Waals surface area contributed by atoms with Gasteiger partial charge >= 0.3 is 0 Å². The van der Waals surface area contributed by atoms with Crippen LogP contribution in [-0.2, 0) is 13.5 Å². The Hall–Kier alpha value is -2.85. The molecule has 0 radical (unpaired) electrons. The summed E-state index contributed by atoms with van der Waals surface area (Å²) in [4.78, 5) is 5.15. The first kappa shape index (κ1) is 18.5. The SMILES string of the molecule is Cn1c(SCCc2nnn(-c3cc(Cl)ccc3F)n2)nnc1-c1ccncc1. The molecule has 0 aliphatic heterocycles. The van der Waals surface area contributed by atoms with Crippen molar-refractivity contribution in [2.24, 2.45) is 7.05 Å². The largest absolute Gasteiger partial charge is 0.305 e. The van der Waals surface area contributed by atoms with Gasteiger partial charge in [0.05, 0.1) is 0 Å². The third-order valence-electron chi connectivity index (χ3n) is 3.91. The van der Waals surface area contributed by atoms with Crippen molar-refractivity contribution in [3.8, 4) is 17.1 Å². The normalized spacial score (nSPS) is 11.1. The van der Waals surface area contributed by atoms with Gasteiger partial charge in [-0.3, -0.25) is 4.98 Å². The van der Waals surface area contributed by atoms with Gasteiger partial charge in [-0.05, 0) is 35.5 Å². The maximum Gasteiger partial charge on any atom is 0.191 e. The summed E-state index contributed by atoms with van der Waals surface area (Å²) in [5.74, 6) is 1.48. The van der Waals surface area contributed by atoms with E-state index in [-0.39, 0.29) is 5.69 Å². The molecule has 0 saturated carbocycles. The first-order valence-corrected chi connectivity index (χ1v) is 9.65. The average molecular weight is 417 g/mol. The van der Waals surface area contributed by atoms with Gasteiger partial charge in [0, 0.05) is 42.2 Å². The molecule has 142 valence electrons. The van der Waals surface area contributed by atoms with Crippen LogP contribution in [0.2, 0.25) is 5.02 Å². The van der Waals surface area contributed by atoms with E-state index in [0.717, 1.165) is 21.3 Å². The summed E-state index contributed by atoms with van der Waals surface area (Å²) in [5, 5.41) is 21.7. The maximum atomic E-state index is 13.9. The van der Waals surface area contributed by atoms with E-state index >= 15 is 0 Å². The number of rotatable bonds is 6. The Labute approximate surface area is 168 Å². The molecule has 0 saturated heterocycles. The fourth-order valence-corrected chi connectivity index (χ4v) is 3.52. The van der Waals surface area contributed by atoms with Crippen molar-refractivity contribution in [1.82, 2.24) is 40.0 Å². The zero-order valence-corrected chi connectivity index (χ0v) is 16.3. The lowest BCUT2D eigenvalue weighted by Crippen LogP contribution is -2.03. The molecule has 0 fully saturated rings. The van der Waals surface area contributed by atoms with Gasteiger partial charge in [-0.15, -0.1) is 25.2 Å². The Morgan fingerprint density at radius 1 is 1.11 bits per heavy atom. The van der Waals surface area contributed by atoms with Crippen LogP contribution in [0, 0.1) is 5.82 Å². The number of hydrogen-bond donors (Lipinski definition) is 0. The number of halogens is 2. The Bertz CT molecular complexity index is 1100. The lowest BCUT2D eigenvalue weighted by atomic mass is 10.2. The highest BCUT2D eigenvalue weighted by atomic mass is 35.5. The van der Waals surface area contributed by atoms with Crippen LogP contribution in [0.1, 0.15) is 5.82 Å². The highest BCUT2D eigenvalue weighted by molar-refractivity contribution is 7.99. The average Bonchev–Trinajstić information content (AvgIpc) is 3.32. The van der Waals surface area contributed by atoms with Crippen molar-refractivity contribution in [2.45, 2.75) is 11.6 Å². The van der Waals surface area contributed by atoms with Gasteiger partial charge in [-0.1, -0.05) is 23.4 Å². The van der Waals surface area contributed by atoms with Crippen molar-refractivity contribution in [1.29, 1.82) is 0 Å². The molecule has 0 bridgehead atoms. The summed E-state index contributed by atoms with van der Waals surface area (Å²) in [5.41, 5.74) is 1.11. The van der Waals surface area contributed by atoms with Crippen LogP contribution in [0.5, 0.6) is 0 Å². The maximum absolute atomic E-state index is 13.9. The van der Waals surface area contributed by atoms with Crippen LogP contribution >= 0.6 is 23.4 Å². The van der Waals surface area contributed by atoms with Gasteiger partial charge in [0.15, 0.2) is 22.6 Å². The van der Waals surface area contributed by atoms with Crippen LogP contribution in [0.15, 0.2) is 47.9 Å². The molecule has 0 unspecified atom stereocenters. The van der Waals surface area contributed by atoms with Gasteiger partial charge in [0.2, 0.25) is 0 Å². The summed E-state index contributed by atoms with van der Waals surface area (Å²) >= 11 is 7.44. The van der Waals surface area contributed by atoms with Gasteiger partial charge in [-0.2, -0.15) is 0 Å². The molecule has 0 aliphatic rings. The molecule has 0 atom stereocenters. The Kier molecular flexibility index (Phi) is 5.31. The topological polar surface area (TPSA) is 87.2 Å². The van der Waals surface area contributed by atoms with E-state index in [9.17, 15) is 4.39 Å². The van der Waals surface area contributed by atoms with Gasteiger partial charge in [-0.25, -0.2) is 4.39 Å². The van der Waals surface area contributed by atoms with Crippen molar-refractivity contribution in [3.05, 3.63) is 59.4 Å². The van der Waals surface area contributed by atoms with Crippen molar-refractivity contribution in [3.63, 3.8) is 0 Å². The smallest absolute Gasteiger partial charge is 0.191 e. The minimum Gasteiger partial charge on any atom is -0.305 e. The van der Waals surface area contributed by atoms with Gasteiger partial charge in [0.1, 0.15) is 5.69 Å². The van der Waals surface area contributed by atoms with E-state index < -0.39 is 5.82 Å². The fraction of sp³-hybridized carbons (Fsp3) is 0.176. The molecule has 4 rings (SSSR count). The van der Waals surface area contributed by atoms with Crippen LogP contribution in [-0.4, -0.2) is 45.7 Å². The third kappa shape index (κ3) is 3.87. The van der Waals surface area contributed by atoms with Crippen molar-refractivity contribution < 1.29 is 4.39 Å². The zero-order chi connectivity index (χ0) is 19.5. The summed E-state index contributed by atoms with van der Waals surface area (Å²) in [7, 11) is 1.91. The minimum atomic E-state index is -0.467. The number of aromatic nitrogens is 8. The van der Waals surface area contributed by atoms with Crippen molar-refractivity contribution >= 4 is 23.4 Å². The quantitative estimate of drug-likeness (QED) is 0.446. The van der Waals surface area contributed by atoms with E-state index in [1.165, 1.54) is 30.0 Å². The molecule has 1 aromatic carbocycles. The lowest BCUT2D eigenvalue weighted by Gasteiger charge is -2.03. The van der Waals surface area contributed by atoms with Crippen LogP contribution in [0.4, 0.5) is 4.39 Å². The van der Waals surface area contributed by atoms with E-state index in [1.54, 1.807) is 12.4 Å². The number of nitrogens with zero attached hydrogens (tertiary/aromatic N) is 8. The Balaban J connectivity index is 1.41. The Morgan fingerprint density at radius 3 is 2.75 bits per heavy atom. The third-order valence-corrected chi connectivity index (χ3v) is 5.17. The van der Waals surface area contributed by atoms with Gasteiger partial charge in [0.25, 0.3) is 0 Å². The molecular formula is C17H14ClFN8S. The molecule has 0 N–H and O–H groups in total. The summed E-state index contributed by atoms with van der Waals surface area (Å²) < 4.78 is 15.8. The lowest BCUT2D eigenvalue weighted by molar-refractivity contribution is 0.591. The second-order valence-corrected chi connectivity index (χ2v) is 7.29. The first-order chi connectivity index (χ1) is 13.6. The van der Waals surface area contributed by atoms with E-state index in [1.807, 2.05) is 23.7 Å². The molecular weight excluding hydrogens is 403 g/mol. The molecule has 0 spiro atoms. The number of benzene rings is 1. The van der Waals surface area contributed by atoms with Crippen molar-refractivity contribution in [2.75, 3.05) is 5.75 Å². The molecule has 28 heavy (non-hydrogen) atoms. The molecule has 4 aromatic rings. The van der Waals surface area contributed by atoms with E-state index in [2.05, 4.69) is 30.6 Å². The second kappa shape index (κ2) is 8.03. The molecule has 3 heterocycles. The molecule has 0 aliphatic carbocycles. The number of hydrogen-bond acceptors (Lipinski definition) is 7. The highest BCUT2D eigenvalue weighted by Gasteiger charge is 2.13. The van der Waals surface area contributed by atoms with E-state index in [0.29, 0.717) is 23.0 Å². The number of thioether (sulfide) groups is 1. The molecule has 11 heteroatoms. The number of pyridine rings is 1. The molecule has 8 nitrogen and oxygen atoms in total. The van der Waals surface area contributed by atoms with Crippen LogP contribution in [0.3, 0.4) is 0 Å². The second-order valence-electron chi connectivity index (χ2n) is 5.79.